The molecule has 0 saturated heterocycles. The van der Waals surface area contributed by atoms with Crippen molar-refractivity contribution in [1.29, 1.82) is 0 Å². The molecule has 0 radical (unpaired) electrons. The van der Waals surface area contributed by atoms with Crippen molar-refractivity contribution in [1.82, 2.24) is 5.43 Å². The molecule has 0 aromatic heterocycles. The number of para-hydroxylation sites is 1. The van der Waals surface area contributed by atoms with Crippen LogP contribution >= 0.6 is 23.4 Å². The topological polar surface area (TPSA) is 50.7 Å². The molecular formula is C22H18ClFN2O2S. The highest BCUT2D eigenvalue weighted by Crippen LogP contribution is 2.20. The average Bonchev–Trinajstić information content (AvgIpc) is 2.74. The Hall–Kier alpha value is -2.83. The number of thioether (sulfide) groups is 1. The number of hydrogen-bond acceptors (Lipinski definition) is 4. The molecule has 29 heavy (non-hydrogen) atoms. The Morgan fingerprint density at radius 3 is 2.55 bits per heavy atom. The van der Waals surface area contributed by atoms with Crippen molar-refractivity contribution in [2.45, 2.75) is 11.5 Å². The number of carbonyl (C=O) groups excluding carboxylic acids is 1. The molecular weight excluding hydrogens is 411 g/mol. The first-order valence-electron chi connectivity index (χ1n) is 8.77. The molecule has 1 N–H and O–H groups in total. The van der Waals surface area contributed by atoms with E-state index < -0.39 is 0 Å². The van der Waals surface area contributed by atoms with Crippen LogP contribution in [-0.2, 0) is 11.4 Å². The molecule has 0 aliphatic carbocycles. The fourth-order valence-electron chi connectivity index (χ4n) is 2.35. The van der Waals surface area contributed by atoms with Crippen LogP contribution in [0.1, 0.15) is 11.1 Å². The molecule has 3 aromatic rings. The molecule has 4 nitrogen and oxygen atoms in total. The number of hydrazone groups is 1. The van der Waals surface area contributed by atoms with Crippen LogP contribution in [0, 0.1) is 5.82 Å². The van der Waals surface area contributed by atoms with Gasteiger partial charge in [-0.1, -0.05) is 35.9 Å². The summed E-state index contributed by atoms with van der Waals surface area (Å²) in [4.78, 5) is 12.9. The summed E-state index contributed by atoms with van der Waals surface area (Å²) in [5, 5.41) is 4.66. The van der Waals surface area contributed by atoms with E-state index in [-0.39, 0.29) is 17.5 Å². The van der Waals surface area contributed by atoms with E-state index in [0.29, 0.717) is 17.4 Å². The van der Waals surface area contributed by atoms with Crippen LogP contribution in [-0.4, -0.2) is 17.9 Å². The van der Waals surface area contributed by atoms with Crippen LogP contribution in [0.25, 0.3) is 0 Å². The quantitative estimate of drug-likeness (QED) is 0.301. The SMILES string of the molecule is O=C(CSc1ccc(Cl)cc1)N/N=C\c1ccccc1OCc1ccc(F)cc1. The van der Waals surface area contributed by atoms with Crippen molar-refractivity contribution in [3.8, 4) is 5.75 Å². The lowest BCUT2D eigenvalue weighted by atomic mass is 10.2. The van der Waals surface area contributed by atoms with Crippen molar-refractivity contribution >= 4 is 35.5 Å². The standard InChI is InChI=1S/C22H18ClFN2O2S/c23-18-7-11-20(12-8-18)29-15-22(27)26-25-13-17-3-1-2-4-21(17)28-14-16-5-9-19(24)10-6-16/h1-13H,14-15H2,(H,26,27)/b25-13-. The van der Waals surface area contributed by atoms with Crippen LogP contribution in [0.2, 0.25) is 5.02 Å². The van der Waals surface area contributed by atoms with E-state index in [4.69, 9.17) is 16.3 Å². The van der Waals surface area contributed by atoms with Gasteiger partial charge in [-0.15, -0.1) is 11.8 Å². The van der Waals surface area contributed by atoms with E-state index in [1.807, 2.05) is 36.4 Å². The van der Waals surface area contributed by atoms with Crippen LogP contribution in [0.4, 0.5) is 4.39 Å². The zero-order valence-electron chi connectivity index (χ0n) is 15.3. The van der Waals surface area contributed by atoms with Crippen LogP contribution < -0.4 is 10.2 Å². The number of nitrogens with zero attached hydrogens (tertiary/aromatic N) is 1. The molecule has 0 aliphatic rings. The summed E-state index contributed by atoms with van der Waals surface area (Å²) in [7, 11) is 0. The fourth-order valence-corrected chi connectivity index (χ4v) is 3.16. The lowest BCUT2D eigenvalue weighted by Gasteiger charge is -2.09. The largest absolute Gasteiger partial charge is 0.488 e. The molecule has 0 unspecified atom stereocenters. The van der Waals surface area contributed by atoms with Crippen LogP contribution in [0.3, 0.4) is 0 Å². The van der Waals surface area contributed by atoms with Crippen molar-refractivity contribution in [2.24, 2.45) is 5.10 Å². The third-order valence-corrected chi connectivity index (χ3v) is 5.07. The number of carbonyl (C=O) groups is 1. The molecule has 0 heterocycles. The van der Waals surface area contributed by atoms with Crippen molar-refractivity contribution in [3.05, 3.63) is 94.8 Å². The maximum atomic E-state index is 13.0. The molecule has 0 fully saturated rings. The van der Waals surface area contributed by atoms with Gasteiger partial charge in [0.05, 0.1) is 12.0 Å². The Morgan fingerprint density at radius 1 is 1.07 bits per heavy atom. The minimum atomic E-state index is -0.286. The number of rotatable bonds is 8. The van der Waals surface area contributed by atoms with Gasteiger partial charge in [0.15, 0.2) is 0 Å². The highest BCUT2D eigenvalue weighted by atomic mass is 35.5. The zero-order chi connectivity index (χ0) is 20.5. The number of benzene rings is 3. The highest BCUT2D eigenvalue weighted by Gasteiger charge is 2.04. The van der Waals surface area contributed by atoms with Gasteiger partial charge in [0.2, 0.25) is 5.91 Å². The summed E-state index contributed by atoms with van der Waals surface area (Å²) in [6.07, 6.45) is 1.53. The molecule has 7 heteroatoms. The lowest BCUT2D eigenvalue weighted by Crippen LogP contribution is -2.19. The summed E-state index contributed by atoms with van der Waals surface area (Å²) < 4.78 is 18.8. The van der Waals surface area contributed by atoms with E-state index in [0.717, 1.165) is 16.0 Å². The third-order valence-electron chi connectivity index (χ3n) is 3.80. The van der Waals surface area contributed by atoms with Crippen LogP contribution in [0.5, 0.6) is 5.75 Å². The Balaban J connectivity index is 1.51. The molecule has 3 aromatic carbocycles. The molecule has 0 saturated carbocycles. The van der Waals surface area contributed by atoms with Gasteiger partial charge >= 0.3 is 0 Å². The molecule has 1 amide bonds. The molecule has 3 rings (SSSR count). The van der Waals surface area contributed by atoms with E-state index in [9.17, 15) is 9.18 Å². The Labute approximate surface area is 177 Å². The smallest absolute Gasteiger partial charge is 0.250 e. The number of amides is 1. The molecule has 0 bridgehead atoms. The first-order valence-corrected chi connectivity index (χ1v) is 10.1. The van der Waals surface area contributed by atoms with E-state index in [2.05, 4.69) is 10.5 Å². The van der Waals surface area contributed by atoms with Gasteiger partial charge in [0.25, 0.3) is 0 Å². The summed E-state index contributed by atoms with van der Waals surface area (Å²) in [6, 6.07) is 20.7. The summed E-state index contributed by atoms with van der Waals surface area (Å²) in [5.41, 5.74) is 4.08. The normalized spacial score (nSPS) is 10.8. The highest BCUT2D eigenvalue weighted by molar-refractivity contribution is 8.00. The summed E-state index contributed by atoms with van der Waals surface area (Å²) in [5.74, 6) is 0.351. The first-order chi connectivity index (χ1) is 14.1. The Morgan fingerprint density at radius 2 is 1.79 bits per heavy atom. The summed E-state index contributed by atoms with van der Waals surface area (Å²) >= 11 is 7.24. The van der Waals surface area contributed by atoms with Gasteiger partial charge < -0.3 is 4.74 Å². The van der Waals surface area contributed by atoms with Crippen molar-refractivity contribution in [2.75, 3.05) is 5.75 Å². The van der Waals surface area contributed by atoms with Gasteiger partial charge in [-0.3, -0.25) is 4.79 Å². The fraction of sp³-hybridized carbons (Fsp3) is 0.0909. The van der Waals surface area contributed by atoms with Gasteiger partial charge in [0, 0.05) is 15.5 Å². The van der Waals surface area contributed by atoms with E-state index in [1.54, 1.807) is 24.3 Å². The van der Waals surface area contributed by atoms with Crippen molar-refractivity contribution in [3.63, 3.8) is 0 Å². The number of nitrogens with one attached hydrogen (secondary N) is 1. The second-order valence-corrected chi connectivity index (χ2v) is 7.47. The molecule has 0 aliphatic heterocycles. The molecule has 0 spiro atoms. The maximum absolute atomic E-state index is 13.0. The molecule has 0 atom stereocenters. The van der Waals surface area contributed by atoms with Crippen LogP contribution in [0.15, 0.2) is 82.8 Å². The number of ether oxygens (including phenoxy) is 1. The van der Waals surface area contributed by atoms with Gasteiger partial charge in [0.1, 0.15) is 18.2 Å². The predicted octanol–water partition coefficient (Wildman–Crippen LogP) is 5.30. The summed E-state index contributed by atoms with van der Waals surface area (Å²) in [6.45, 7) is 0.301. The Bertz CT molecular complexity index is 979. The van der Waals surface area contributed by atoms with E-state index in [1.165, 1.54) is 30.1 Å². The second kappa shape index (κ2) is 10.6. The zero-order valence-corrected chi connectivity index (χ0v) is 16.9. The minimum Gasteiger partial charge on any atom is -0.488 e. The first kappa shape index (κ1) is 20.9. The number of halogens is 2. The van der Waals surface area contributed by atoms with Crippen molar-refractivity contribution < 1.29 is 13.9 Å². The van der Waals surface area contributed by atoms with Gasteiger partial charge in [-0.2, -0.15) is 5.10 Å². The van der Waals surface area contributed by atoms with Gasteiger partial charge in [-0.25, -0.2) is 9.82 Å². The predicted molar refractivity (Wildman–Crippen MR) is 115 cm³/mol. The monoisotopic (exact) mass is 428 g/mol. The minimum absolute atomic E-state index is 0.217. The van der Waals surface area contributed by atoms with Gasteiger partial charge in [-0.05, 0) is 54.1 Å². The Kier molecular flexibility index (Phi) is 7.67. The second-order valence-electron chi connectivity index (χ2n) is 5.99. The third kappa shape index (κ3) is 6.93. The molecule has 148 valence electrons. The lowest BCUT2D eigenvalue weighted by molar-refractivity contribution is -0.118. The maximum Gasteiger partial charge on any atom is 0.250 e. The van der Waals surface area contributed by atoms with E-state index >= 15 is 0 Å². The number of hydrogen-bond donors (Lipinski definition) is 1. The average molecular weight is 429 g/mol.